The van der Waals surface area contributed by atoms with Crippen LogP contribution in [0.15, 0.2) is 24.3 Å². The Morgan fingerprint density at radius 2 is 1.94 bits per heavy atom. The van der Waals surface area contributed by atoms with Gasteiger partial charge in [0, 0.05) is 19.6 Å². The van der Waals surface area contributed by atoms with Crippen LogP contribution >= 0.6 is 0 Å². The molecule has 0 unspecified atom stereocenters. The highest BCUT2D eigenvalue weighted by molar-refractivity contribution is 5.26. The summed E-state index contributed by atoms with van der Waals surface area (Å²) in [6, 6.07) is 8.19. The van der Waals surface area contributed by atoms with Crippen molar-refractivity contribution in [2.45, 2.75) is 32.0 Å². The molecule has 0 radical (unpaired) electrons. The Morgan fingerprint density at radius 1 is 1.28 bits per heavy atom. The van der Waals surface area contributed by atoms with Gasteiger partial charge in [-0.3, -0.25) is 4.90 Å². The van der Waals surface area contributed by atoms with Crippen LogP contribution in [0.4, 0.5) is 0 Å². The van der Waals surface area contributed by atoms with Crippen LogP contribution in [0.25, 0.3) is 0 Å². The molecule has 0 bridgehead atoms. The number of likely N-dealkylation sites (tertiary alicyclic amines) is 1. The second-order valence-electron chi connectivity index (χ2n) is 5.68. The third kappa shape index (κ3) is 2.85. The molecular weight excluding hydrogens is 226 g/mol. The molecule has 3 rings (SSSR count). The van der Waals surface area contributed by atoms with Gasteiger partial charge in [-0.15, -0.1) is 0 Å². The van der Waals surface area contributed by atoms with E-state index in [0.717, 1.165) is 25.4 Å². The predicted octanol–water partition coefficient (Wildman–Crippen LogP) is 1.83. The van der Waals surface area contributed by atoms with E-state index in [9.17, 15) is 5.11 Å². The molecule has 18 heavy (non-hydrogen) atoms. The van der Waals surface area contributed by atoms with Crippen molar-refractivity contribution < 1.29 is 9.84 Å². The Kier molecular flexibility index (Phi) is 3.27. The Bertz CT molecular complexity index is 393. The molecule has 1 aromatic rings. The molecule has 1 aliphatic carbocycles. The lowest BCUT2D eigenvalue weighted by molar-refractivity contribution is -0.0124. The quantitative estimate of drug-likeness (QED) is 0.861. The molecule has 2 aliphatic rings. The maximum absolute atomic E-state index is 9.85. The number of aliphatic hydroxyl groups is 1. The maximum atomic E-state index is 9.85. The summed E-state index contributed by atoms with van der Waals surface area (Å²) in [5, 5.41) is 9.85. The lowest BCUT2D eigenvalue weighted by atomic mass is 10.1. The van der Waals surface area contributed by atoms with E-state index in [2.05, 4.69) is 24.0 Å². The van der Waals surface area contributed by atoms with Crippen LogP contribution in [-0.4, -0.2) is 41.8 Å². The zero-order valence-electron chi connectivity index (χ0n) is 10.9. The number of benzene rings is 1. The van der Waals surface area contributed by atoms with Gasteiger partial charge in [-0.1, -0.05) is 17.7 Å². The molecule has 1 N–H and O–H groups in total. The third-order valence-electron chi connectivity index (χ3n) is 3.86. The summed E-state index contributed by atoms with van der Waals surface area (Å²) in [6.45, 7) is 4.78. The van der Waals surface area contributed by atoms with E-state index in [1.807, 2.05) is 12.1 Å². The van der Waals surface area contributed by atoms with E-state index < -0.39 is 0 Å². The topological polar surface area (TPSA) is 32.7 Å². The van der Waals surface area contributed by atoms with E-state index >= 15 is 0 Å². The van der Waals surface area contributed by atoms with Gasteiger partial charge in [0.1, 0.15) is 11.9 Å². The highest BCUT2D eigenvalue weighted by Crippen LogP contribution is 2.33. The molecule has 1 saturated heterocycles. The minimum atomic E-state index is -0.120. The van der Waals surface area contributed by atoms with Crippen LogP contribution in [0.1, 0.15) is 18.4 Å². The maximum Gasteiger partial charge on any atom is 0.124 e. The fraction of sp³-hybridized carbons (Fsp3) is 0.600. The second kappa shape index (κ2) is 4.90. The van der Waals surface area contributed by atoms with Crippen molar-refractivity contribution in [2.24, 2.45) is 5.92 Å². The minimum absolute atomic E-state index is 0.120. The summed E-state index contributed by atoms with van der Waals surface area (Å²) in [7, 11) is 0. The third-order valence-corrected chi connectivity index (χ3v) is 3.86. The van der Waals surface area contributed by atoms with E-state index in [0.29, 0.717) is 12.0 Å². The average molecular weight is 247 g/mol. The number of hydrogen-bond acceptors (Lipinski definition) is 3. The van der Waals surface area contributed by atoms with Crippen LogP contribution in [-0.2, 0) is 0 Å². The van der Waals surface area contributed by atoms with Crippen LogP contribution < -0.4 is 4.74 Å². The second-order valence-corrected chi connectivity index (χ2v) is 5.68. The zero-order chi connectivity index (χ0) is 12.5. The molecule has 2 fully saturated rings. The number of aryl methyl sites for hydroxylation is 1. The molecule has 3 heteroatoms. The molecule has 1 aromatic carbocycles. The van der Waals surface area contributed by atoms with Gasteiger partial charge in [0.15, 0.2) is 0 Å². The number of hydrogen-bond donors (Lipinski definition) is 1. The van der Waals surface area contributed by atoms with Gasteiger partial charge in [0.05, 0.1) is 6.10 Å². The number of nitrogens with zero attached hydrogens (tertiary/aromatic N) is 1. The first-order chi connectivity index (χ1) is 8.70. The molecule has 3 nitrogen and oxygen atoms in total. The van der Waals surface area contributed by atoms with Crippen LogP contribution in [0.3, 0.4) is 0 Å². The Morgan fingerprint density at radius 3 is 2.56 bits per heavy atom. The SMILES string of the molecule is Cc1ccc(OC2CN(C[C@H](O)C3CC3)C2)cc1. The van der Waals surface area contributed by atoms with Crippen molar-refractivity contribution in [3.05, 3.63) is 29.8 Å². The van der Waals surface area contributed by atoms with Gasteiger partial charge < -0.3 is 9.84 Å². The summed E-state index contributed by atoms with van der Waals surface area (Å²) in [4.78, 5) is 2.28. The summed E-state index contributed by atoms with van der Waals surface area (Å²) < 4.78 is 5.87. The lowest BCUT2D eigenvalue weighted by Gasteiger charge is -2.40. The number of ether oxygens (including phenoxy) is 1. The number of aliphatic hydroxyl groups excluding tert-OH is 1. The van der Waals surface area contributed by atoms with Crippen molar-refractivity contribution >= 4 is 0 Å². The van der Waals surface area contributed by atoms with E-state index in [1.54, 1.807) is 0 Å². The highest BCUT2D eigenvalue weighted by atomic mass is 16.5. The molecule has 98 valence electrons. The van der Waals surface area contributed by atoms with Gasteiger partial charge in [0.25, 0.3) is 0 Å². The first kappa shape index (κ1) is 12.0. The summed E-state index contributed by atoms with van der Waals surface area (Å²) in [5.41, 5.74) is 1.25. The van der Waals surface area contributed by atoms with E-state index in [-0.39, 0.29) is 6.10 Å². The smallest absolute Gasteiger partial charge is 0.124 e. The fourth-order valence-corrected chi connectivity index (χ4v) is 2.45. The highest BCUT2D eigenvalue weighted by Gasteiger charge is 2.35. The van der Waals surface area contributed by atoms with Crippen molar-refractivity contribution in [1.82, 2.24) is 4.90 Å². The Balaban J connectivity index is 1.40. The van der Waals surface area contributed by atoms with Crippen molar-refractivity contribution in [3.63, 3.8) is 0 Å². The van der Waals surface area contributed by atoms with Gasteiger partial charge in [0.2, 0.25) is 0 Å². The van der Waals surface area contributed by atoms with Gasteiger partial charge in [-0.05, 0) is 37.8 Å². The first-order valence-corrected chi connectivity index (χ1v) is 6.84. The predicted molar refractivity (Wildman–Crippen MR) is 70.8 cm³/mol. The molecular formula is C15H21NO2. The van der Waals surface area contributed by atoms with Crippen LogP contribution in [0, 0.1) is 12.8 Å². The fourth-order valence-electron chi connectivity index (χ4n) is 2.45. The summed E-state index contributed by atoms with van der Waals surface area (Å²) in [5.74, 6) is 1.52. The molecule has 0 spiro atoms. The largest absolute Gasteiger partial charge is 0.488 e. The minimum Gasteiger partial charge on any atom is -0.488 e. The van der Waals surface area contributed by atoms with Gasteiger partial charge >= 0.3 is 0 Å². The molecule has 1 saturated carbocycles. The first-order valence-electron chi connectivity index (χ1n) is 6.84. The molecule has 1 heterocycles. The zero-order valence-corrected chi connectivity index (χ0v) is 10.9. The Labute approximate surface area is 108 Å². The monoisotopic (exact) mass is 247 g/mol. The van der Waals surface area contributed by atoms with Crippen molar-refractivity contribution in [1.29, 1.82) is 0 Å². The number of β-amino-alcohol motifs (C(OH)–C–C–N with tert-alkyl or cyclic N) is 1. The Hall–Kier alpha value is -1.06. The van der Waals surface area contributed by atoms with Gasteiger partial charge in [-0.25, -0.2) is 0 Å². The van der Waals surface area contributed by atoms with Crippen LogP contribution in [0.5, 0.6) is 5.75 Å². The molecule has 1 atom stereocenters. The van der Waals surface area contributed by atoms with Crippen LogP contribution in [0.2, 0.25) is 0 Å². The molecule has 0 aromatic heterocycles. The number of rotatable bonds is 5. The molecule has 1 aliphatic heterocycles. The van der Waals surface area contributed by atoms with Crippen molar-refractivity contribution in [2.75, 3.05) is 19.6 Å². The normalized spacial score (nSPS) is 22.6. The van der Waals surface area contributed by atoms with E-state index in [1.165, 1.54) is 18.4 Å². The average Bonchev–Trinajstić information content (AvgIpc) is 3.12. The summed E-state index contributed by atoms with van der Waals surface area (Å²) in [6.07, 6.45) is 2.58. The lowest BCUT2D eigenvalue weighted by Crippen LogP contribution is -2.55. The van der Waals surface area contributed by atoms with Crippen molar-refractivity contribution in [3.8, 4) is 5.75 Å². The standard InChI is InChI=1S/C15H21NO2/c1-11-2-6-13(7-3-11)18-14-8-16(9-14)10-15(17)12-4-5-12/h2-3,6-7,12,14-15,17H,4-5,8-10H2,1H3/t15-/m0/s1. The van der Waals surface area contributed by atoms with Gasteiger partial charge in [-0.2, -0.15) is 0 Å². The molecule has 0 amide bonds. The van der Waals surface area contributed by atoms with E-state index in [4.69, 9.17) is 4.74 Å². The summed E-state index contributed by atoms with van der Waals surface area (Å²) >= 11 is 0.